The number of carbonyl (C=O) groups excluding carboxylic acids is 2. The number of benzene rings is 2. The first-order valence-corrected chi connectivity index (χ1v) is 10.6. The number of nitrogens with zero attached hydrogens (tertiary/aromatic N) is 1. The van der Waals surface area contributed by atoms with Gasteiger partial charge in [-0.05, 0) is 54.8 Å². The standard InChI is InChI=1S/C24H26ClNO5/c1-3-14-31-19-11-7-17(8-12-19)22(27)20-21(16-5-9-18(25)10-6-16)26(13-4-15-30-2)24(29)23(20)28/h5-12,21,27H,3-4,13-15H2,1-2H3/b22-20+. The molecule has 1 N–H and O–H groups in total. The fourth-order valence-corrected chi connectivity index (χ4v) is 3.69. The largest absolute Gasteiger partial charge is 0.507 e. The van der Waals surface area contributed by atoms with Crippen LogP contribution in [0.4, 0.5) is 0 Å². The Hall–Kier alpha value is -2.83. The van der Waals surface area contributed by atoms with Crippen molar-refractivity contribution < 1.29 is 24.2 Å². The molecule has 0 spiro atoms. The highest BCUT2D eigenvalue weighted by Crippen LogP contribution is 2.39. The molecule has 1 aliphatic heterocycles. The van der Waals surface area contributed by atoms with Gasteiger partial charge in [0.25, 0.3) is 11.7 Å². The molecule has 7 heteroatoms. The van der Waals surface area contributed by atoms with E-state index in [-0.39, 0.29) is 11.3 Å². The number of Topliss-reactive ketones (excluding diaryl/α,β-unsaturated/α-hetero) is 1. The van der Waals surface area contributed by atoms with E-state index in [9.17, 15) is 14.7 Å². The van der Waals surface area contributed by atoms with Crippen LogP contribution in [0.25, 0.3) is 5.76 Å². The van der Waals surface area contributed by atoms with Crippen LogP contribution < -0.4 is 4.74 Å². The molecule has 2 aromatic rings. The van der Waals surface area contributed by atoms with Crippen molar-refractivity contribution in [2.75, 3.05) is 26.9 Å². The number of aliphatic hydroxyl groups is 1. The lowest BCUT2D eigenvalue weighted by atomic mass is 9.95. The van der Waals surface area contributed by atoms with Crippen LogP contribution in [0.2, 0.25) is 5.02 Å². The van der Waals surface area contributed by atoms with Gasteiger partial charge in [-0.2, -0.15) is 0 Å². The predicted octanol–water partition coefficient (Wildman–Crippen LogP) is 4.59. The number of rotatable bonds is 9. The van der Waals surface area contributed by atoms with E-state index in [2.05, 4.69) is 0 Å². The van der Waals surface area contributed by atoms with Gasteiger partial charge < -0.3 is 19.5 Å². The molecular formula is C24H26ClNO5. The van der Waals surface area contributed by atoms with Crippen molar-refractivity contribution in [1.29, 1.82) is 0 Å². The maximum Gasteiger partial charge on any atom is 0.295 e. The van der Waals surface area contributed by atoms with Crippen LogP contribution in [0.15, 0.2) is 54.1 Å². The normalized spacial score (nSPS) is 17.9. The molecule has 0 saturated carbocycles. The summed E-state index contributed by atoms with van der Waals surface area (Å²) in [6, 6.07) is 13.0. The summed E-state index contributed by atoms with van der Waals surface area (Å²) < 4.78 is 10.7. The molecule has 31 heavy (non-hydrogen) atoms. The molecule has 3 rings (SSSR count). The third kappa shape index (κ3) is 5.09. The molecule has 1 fully saturated rings. The van der Waals surface area contributed by atoms with E-state index >= 15 is 0 Å². The molecule has 1 unspecified atom stereocenters. The molecule has 1 atom stereocenters. The summed E-state index contributed by atoms with van der Waals surface area (Å²) >= 11 is 6.02. The smallest absolute Gasteiger partial charge is 0.295 e. The number of carbonyl (C=O) groups is 2. The minimum absolute atomic E-state index is 0.0620. The summed E-state index contributed by atoms with van der Waals surface area (Å²) in [5, 5.41) is 11.6. The Labute approximate surface area is 187 Å². The van der Waals surface area contributed by atoms with E-state index < -0.39 is 17.7 Å². The minimum Gasteiger partial charge on any atom is -0.507 e. The second-order valence-corrected chi connectivity index (χ2v) is 7.70. The monoisotopic (exact) mass is 443 g/mol. The van der Waals surface area contributed by atoms with E-state index in [1.807, 2.05) is 6.92 Å². The van der Waals surface area contributed by atoms with Crippen LogP contribution in [0.3, 0.4) is 0 Å². The number of hydrogen-bond acceptors (Lipinski definition) is 5. The zero-order chi connectivity index (χ0) is 22.4. The highest BCUT2D eigenvalue weighted by molar-refractivity contribution is 6.46. The number of methoxy groups -OCH3 is 1. The van der Waals surface area contributed by atoms with Gasteiger partial charge in [0.15, 0.2) is 0 Å². The average molecular weight is 444 g/mol. The Bertz CT molecular complexity index is 953. The summed E-state index contributed by atoms with van der Waals surface area (Å²) in [5.74, 6) is -0.885. The molecule has 164 valence electrons. The van der Waals surface area contributed by atoms with E-state index in [4.69, 9.17) is 21.1 Å². The Morgan fingerprint density at radius 1 is 1.06 bits per heavy atom. The van der Waals surface area contributed by atoms with Crippen LogP contribution in [-0.2, 0) is 14.3 Å². The predicted molar refractivity (Wildman–Crippen MR) is 119 cm³/mol. The number of ether oxygens (including phenoxy) is 2. The van der Waals surface area contributed by atoms with E-state index in [1.165, 1.54) is 4.90 Å². The maximum atomic E-state index is 12.9. The van der Waals surface area contributed by atoms with Crippen LogP contribution in [-0.4, -0.2) is 48.6 Å². The quantitative estimate of drug-likeness (QED) is 0.265. The van der Waals surface area contributed by atoms with Gasteiger partial charge in [-0.1, -0.05) is 30.7 Å². The van der Waals surface area contributed by atoms with Crippen LogP contribution >= 0.6 is 11.6 Å². The van der Waals surface area contributed by atoms with E-state index in [1.54, 1.807) is 55.6 Å². The number of amides is 1. The van der Waals surface area contributed by atoms with Crippen LogP contribution in [0.1, 0.15) is 36.9 Å². The lowest BCUT2D eigenvalue weighted by Crippen LogP contribution is -2.31. The van der Waals surface area contributed by atoms with Gasteiger partial charge in [-0.25, -0.2) is 0 Å². The Morgan fingerprint density at radius 2 is 1.74 bits per heavy atom. The lowest BCUT2D eigenvalue weighted by molar-refractivity contribution is -0.140. The van der Waals surface area contributed by atoms with Crippen molar-refractivity contribution in [2.24, 2.45) is 0 Å². The lowest BCUT2D eigenvalue weighted by Gasteiger charge is -2.25. The molecule has 1 heterocycles. The van der Waals surface area contributed by atoms with Gasteiger partial charge in [-0.15, -0.1) is 0 Å². The fourth-order valence-electron chi connectivity index (χ4n) is 3.57. The van der Waals surface area contributed by atoms with Crippen LogP contribution in [0, 0.1) is 0 Å². The van der Waals surface area contributed by atoms with Gasteiger partial charge in [-0.3, -0.25) is 9.59 Å². The Balaban J connectivity index is 2.02. The molecule has 0 bridgehead atoms. The zero-order valence-corrected chi connectivity index (χ0v) is 18.4. The molecule has 1 saturated heterocycles. The first-order valence-electron chi connectivity index (χ1n) is 10.2. The highest BCUT2D eigenvalue weighted by atomic mass is 35.5. The molecule has 2 aromatic carbocycles. The number of aliphatic hydroxyl groups excluding tert-OH is 1. The highest BCUT2D eigenvalue weighted by Gasteiger charge is 2.45. The van der Waals surface area contributed by atoms with Crippen LogP contribution in [0.5, 0.6) is 5.75 Å². The molecule has 0 radical (unpaired) electrons. The molecule has 0 aliphatic carbocycles. The number of ketones is 1. The van der Waals surface area contributed by atoms with Crippen molar-refractivity contribution in [3.63, 3.8) is 0 Å². The Kier molecular flexibility index (Phi) is 7.71. The average Bonchev–Trinajstić information content (AvgIpc) is 3.03. The van der Waals surface area contributed by atoms with Crippen molar-refractivity contribution in [2.45, 2.75) is 25.8 Å². The van der Waals surface area contributed by atoms with Crippen molar-refractivity contribution >= 4 is 29.1 Å². The molecule has 6 nitrogen and oxygen atoms in total. The summed E-state index contributed by atoms with van der Waals surface area (Å²) in [4.78, 5) is 27.2. The van der Waals surface area contributed by atoms with Gasteiger partial charge in [0.05, 0.1) is 18.2 Å². The number of halogens is 1. The summed E-state index contributed by atoms with van der Waals surface area (Å²) in [6.45, 7) is 3.39. The number of hydrogen-bond donors (Lipinski definition) is 1. The maximum absolute atomic E-state index is 12.9. The third-order valence-corrected chi connectivity index (χ3v) is 5.33. The Morgan fingerprint density at radius 3 is 2.35 bits per heavy atom. The topological polar surface area (TPSA) is 76.1 Å². The summed E-state index contributed by atoms with van der Waals surface area (Å²) in [5.41, 5.74) is 1.20. The second-order valence-electron chi connectivity index (χ2n) is 7.26. The summed E-state index contributed by atoms with van der Waals surface area (Å²) in [7, 11) is 1.58. The summed E-state index contributed by atoms with van der Waals surface area (Å²) in [6.07, 6.45) is 1.45. The molecule has 1 aliphatic rings. The molecule has 1 amide bonds. The number of likely N-dealkylation sites (tertiary alicyclic amines) is 1. The van der Waals surface area contributed by atoms with Gasteiger partial charge >= 0.3 is 0 Å². The zero-order valence-electron chi connectivity index (χ0n) is 17.6. The second kappa shape index (κ2) is 10.5. The van der Waals surface area contributed by atoms with Gasteiger partial charge in [0, 0.05) is 30.8 Å². The van der Waals surface area contributed by atoms with Gasteiger partial charge in [0.2, 0.25) is 0 Å². The molecule has 0 aromatic heterocycles. The van der Waals surface area contributed by atoms with Crippen molar-refractivity contribution in [3.05, 3.63) is 70.3 Å². The first kappa shape index (κ1) is 22.8. The van der Waals surface area contributed by atoms with E-state index in [0.29, 0.717) is 48.1 Å². The first-order chi connectivity index (χ1) is 15.0. The minimum atomic E-state index is -0.707. The fraction of sp³-hybridized carbons (Fsp3) is 0.333. The third-order valence-electron chi connectivity index (χ3n) is 5.07. The van der Waals surface area contributed by atoms with E-state index in [0.717, 1.165) is 6.42 Å². The van der Waals surface area contributed by atoms with Gasteiger partial charge in [0.1, 0.15) is 11.5 Å². The molecular weight excluding hydrogens is 418 g/mol. The van der Waals surface area contributed by atoms with Crippen molar-refractivity contribution in [1.82, 2.24) is 4.90 Å². The van der Waals surface area contributed by atoms with Crippen molar-refractivity contribution in [3.8, 4) is 5.75 Å². The SMILES string of the molecule is CCCOc1ccc(/C(O)=C2\C(=O)C(=O)N(CCCOC)C2c2ccc(Cl)cc2)cc1.